The molecule has 0 aromatic heterocycles. The molecule has 1 aromatic carbocycles. The topological polar surface area (TPSA) is 24.5 Å². The van der Waals surface area contributed by atoms with Crippen molar-refractivity contribution in [2.24, 2.45) is 0 Å². The zero-order valence-corrected chi connectivity index (χ0v) is 12.6. The number of ether oxygens (including phenoxy) is 1. The monoisotopic (exact) mass is 264 g/mol. The van der Waals surface area contributed by atoms with Crippen molar-refractivity contribution >= 4 is 0 Å². The first-order valence-corrected chi connectivity index (χ1v) is 7.24. The fraction of sp³-hybridized carbons (Fsp3) is 0.625. The summed E-state index contributed by atoms with van der Waals surface area (Å²) >= 11 is 0. The highest BCUT2D eigenvalue weighted by atomic mass is 16.5. The second-order valence-corrected chi connectivity index (χ2v) is 5.12. The SMILES string of the molecule is CCCNCCc1ccccc1COCCN(C)C. The maximum Gasteiger partial charge on any atom is 0.0720 e. The average Bonchev–Trinajstić information content (AvgIpc) is 2.41. The van der Waals surface area contributed by atoms with Gasteiger partial charge in [0.1, 0.15) is 0 Å². The molecule has 0 heterocycles. The van der Waals surface area contributed by atoms with Crippen LogP contribution in [0.2, 0.25) is 0 Å². The molecule has 1 rings (SSSR count). The lowest BCUT2D eigenvalue weighted by Crippen LogP contribution is -2.19. The van der Waals surface area contributed by atoms with Crippen LogP contribution in [0.15, 0.2) is 24.3 Å². The molecule has 0 aliphatic carbocycles. The first-order chi connectivity index (χ1) is 9.24. The molecule has 0 atom stereocenters. The van der Waals surface area contributed by atoms with E-state index in [4.69, 9.17) is 4.74 Å². The molecule has 0 amide bonds. The molecule has 1 N–H and O–H groups in total. The second kappa shape index (κ2) is 9.96. The van der Waals surface area contributed by atoms with Gasteiger partial charge in [-0.25, -0.2) is 0 Å². The summed E-state index contributed by atoms with van der Waals surface area (Å²) in [5.74, 6) is 0. The number of hydrogen-bond acceptors (Lipinski definition) is 3. The second-order valence-electron chi connectivity index (χ2n) is 5.12. The maximum absolute atomic E-state index is 5.74. The highest BCUT2D eigenvalue weighted by molar-refractivity contribution is 5.26. The molecule has 0 saturated heterocycles. The van der Waals surface area contributed by atoms with Crippen LogP contribution in [0.1, 0.15) is 24.5 Å². The lowest BCUT2D eigenvalue weighted by atomic mass is 10.1. The van der Waals surface area contributed by atoms with E-state index in [2.05, 4.69) is 55.5 Å². The highest BCUT2D eigenvalue weighted by Gasteiger charge is 2.02. The van der Waals surface area contributed by atoms with Crippen LogP contribution in [0.5, 0.6) is 0 Å². The molecule has 19 heavy (non-hydrogen) atoms. The van der Waals surface area contributed by atoms with Gasteiger partial charge in [-0.3, -0.25) is 0 Å². The number of hydrogen-bond donors (Lipinski definition) is 1. The molecule has 0 radical (unpaired) electrons. The number of nitrogens with one attached hydrogen (secondary N) is 1. The summed E-state index contributed by atoms with van der Waals surface area (Å²) in [5.41, 5.74) is 2.72. The minimum atomic E-state index is 0.720. The van der Waals surface area contributed by atoms with E-state index in [9.17, 15) is 0 Å². The minimum Gasteiger partial charge on any atom is -0.375 e. The maximum atomic E-state index is 5.74. The van der Waals surface area contributed by atoms with Gasteiger partial charge < -0.3 is 15.0 Å². The molecule has 3 nitrogen and oxygen atoms in total. The highest BCUT2D eigenvalue weighted by Crippen LogP contribution is 2.10. The summed E-state index contributed by atoms with van der Waals surface area (Å²) in [4.78, 5) is 2.14. The summed E-state index contributed by atoms with van der Waals surface area (Å²) in [6, 6.07) is 8.58. The van der Waals surface area contributed by atoms with Crippen molar-refractivity contribution in [3.8, 4) is 0 Å². The number of nitrogens with zero attached hydrogens (tertiary/aromatic N) is 1. The van der Waals surface area contributed by atoms with Gasteiger partial charge in [0.25, 0.3) is 0 Å². The fourth-order valence-corrected chi connectivity index (χ4v) is 1.90. The largest absolute Gasteiger partial charge is 0.375 e. The van der Waals surface area contributed by atoms with E-state index in [1.54, 1.807) is 0 Å². The number of rotatable bonds is 10. The van der Waals surface area contributed by atoms with Gasteiger partial charge in [-0.2, -0.15) is 0 Å². The number of benzene rings is 1. The molecule has 108 valence electrons. The lowest BCUT2D eigenvalue weighted by Gasteiger charge is -2.12. The van der Waals surface area contributed by atoms with Crippen molar-refractivity contribution in [3.63, 3.8) is 0 Å². The third-order valence-electron chi connectivity index (χ3n) is 3.06. The quantitative estimate of drug-likeness (QED) is 0.656. The van der Waals surface area contributed by atoms with Crippen LogP contribution in [0.25, 0.3) is 0 Å². The molecular weight excluding hydrogens is 236 g/mol. The van der Waals surface area contributed by atoms with E-state index in [1.165, 1.54) is 17.5 Å². The van der Waals surface area contributed by atoms with Gasteiger partial charge in [0.15, 0.2) is 0 Å². The molecule has 0 aliphatic rings. The minimum absolute atomic E-state index is 0.720. The van der Waals surface area contributed by atoms with Gasteiger partial charge in [0.2, 0.25) is 0 Å². The average molecular weight is 264 g/mol. The van der Waals surface area contributed by atoms with Crippen molar-refractivity contribution in [2.45, 2.75) is 26.4 Å². The van der Waals surface area contributed by atoms with E-state index < -0.39 is 0 Å². The van der Waals surface area contributed by atoms with E-state index in [0.29, 0.717) is 0 Å². The molecule has 0 unspecified atom stereocenters. The Bertz CT molecular complexity index is 339. The van der Waals surface area contributed by atoms with Crippen molar-refractivity contribution in [2.75, 3.05) is 40.3 Å². The molecule has 0 fully saturated rings. The molecule has 0 aliphatic heterocycles. The van der Waals surface area contributed by atoms with Crippen LogP contribution in [-0.2, 0) is 17.8 Å². The van der Waals surface area contributed by atoms with Gasteiger partial charge in [0, 0.05) is 6.54 Å². The van der Waals surface area contributed by atoms with Gasteiger partial charge in [0.05, 0.1) is 13.2 Å². The molecule has 1 aromatic rings. The standard InChI is InChI=1S/C16H28N2O/c1-4-10-17-11-9-15-7-5-6-8-16(15)14-19-13-12-18(2)3/h5-8,17H,4,9-14H2,1-3H3. The Morgan fingerprint density at radius 3 is 2.53 bits per heavy atom. The summed E-state index contributed by atoms with van der Waals surface area (Å²) in [7, 11) is 4.13. The molecule has 3 heteroatoms. The molecule has 0 saturated carbocycles. The van der Waals surface area contributed by atoms with Gasteiger partial charge in [-0.05, 0) is 51.2 Å². The first-order valence-electron chi connectivity index (χ1n) is 7.24. The van der Waals surface area contributed by atoms with E-state index >= 15 is 0 Å². The normalized spacial score (nSPS) is 11.2. The zero-order chi connectivity index (χ0) is 13.9. The van der Waals surface area contributed by atoms with Crippen molar-refractivity contribution in [1.29, 1.82) is 0 Å². The molecule has 0 bridgehead atoms. The van der Waals surface area contributed by atoms with Crippen LogP contribution in [-0.4, -0.2) is 45.2 Å². The summed E-state index contributed by atoms with van der Waals surface area (Å²) in [5, 5.41) is 3.45. The third-order valence-corrected chi connectivity index (χ3v) is 3.06. The third kappa shape index (κ3) is 7.31. The summed E-state index contributed by atoms with van der Waals surface area (Å²) in [6.45, 7) is 6.82. The Hall–Kier alpha value is -0.900. The zero-order valence-electron chi connectivity index (χ0n) is 12.6. The van der Waals surface area contributed by atoms with Gasteiger partial charge >= 0.3 is 0 Å². The Labute approximate surface area is 118 Å². The molecular formula is C16H28N2O. The van der Waals surface area contributed by atoms with Crippen LogP contribution in [0, 0.1) is 0 Å². The summed E-state index contributed by atoms with van der Waals surface area (Å²) < 4.78 is 5.74. The first kappa shape index (κ1) is 16.2. The van der Waals surface area contributed by atoms with E-state index in [0.717, 1.165) is 39.3 Å². The van der Waals surface area contributed by atoms with E-state index in [1.807, 2.05) is 0 Å². The Kier molecular flexibility index (Phi) is 8.47. The predicted molar refractivity (Wildman–Crippen MR) is 81.5 cm³/mol. The summed E-state index contributed by atoms with van der Waals surface area (Å²) in [6.07, 6.45) is 2.27. The van der Waals surface area contributed by atoms with E-state index in [-0.39, 0.29) is 0 Å². The van der Waals surface area contributed by atoms with Gasteiger partial charge in [-0.1, -0.05) is 31.2 Å². The van der Waals surface area contributed by atoms with Crippen LogP contribution in [0.4, 0.5) is 0 Å². The van der Waals surface area contributed by atoms with Gasteiger partial charge in [-0.15, -0.1) is 0 Å². The van der Waals surface area contributed by atoms with Crippen LogP contribution >= 0.6 is 0 Å². The van der Waals surface area contributed by atoms with Crippen molar-refractivity contribution in [3.05, 3.63) is 35.4 Å². The Morgan fingerprint density at radius 2 is 1.84 bits per heavy atom. The van der Waals surface area contributed by atoms with Crippen molar-refractivity contribution < 1.29 is 4.74 Å². The lowest BCUT2D eigenvalue weighted by molar-refractivity contribution is 0.105. The van der Waals surface area contributed by atoms with Crippen LogP contribution < -0.4 is 5.32 Å². The predicted octanol–water partition coefficient (Wildman–Crippen LogP) is 2.31. The Morgan fingerprint density at radius 1 is 1.11 bits per heavy atom. The smallest absolute Gasteiger partial charge is 0.0720 e. The fourth-order valence-electron chi connectivity index (χ4n) is 1.90. The Balaban J connectivity index is 2.35. The number of likely N-dealkylation sites (N-methyl/N-ethyl adjacent to an activating group) is 1. The molecule has 0 spiro atoms. The van der Waals surface area contributed by atoms with Crippen LogP contribution in [0.3, 0.4) is 0 Å². The van der Waals surface area contributed by atoms with Crippen molar-refractivity contribution in [1.82, 2.24) is 10.2 Å².